The van der Waals surface area contributed by atoms with Gasteiger partial charge in [0, 0.05) is 28.9 Å². The first kappa shape index (κ1) is 19.6. The van der Waals surface area contributed by atoms with Gasteiger partial charge in [0.25, 0.3) is 0 Å². The van der Waals surface area contributed by atoms with Crippen LogP contribution in [0.25, 0.3) is 27.5 Å². The molecule has 0 fully saturated rings. The zero-order valence-electron chi connectivity index (χ0n) is 17.0. The number of carbonyl (C=O) groups is 1. The summed E-state index contributed by atoms with van der Waals surface area (Å²) in [6, 6.07) is 16.1. The Morgan fingerprint density at radius 1 is 1.06 bits per heavy atom. The smallest absolute Gasteiger partial charge is 0.316 e. The summed E-state index contributed by atoms with van der Waals surface area (Å²) in [5.74, 6) is 0.662. The van der Waals surface area contributed by atoms with E-state index in [2.05, 4.69) is 23.3 Å². The zero-order valence-corrected chi connectivity index (χ0v) is 17.9. The third-order valence-corrected chi connectivity index (χ3v) is 6.01. The van der Waals surface area contributed by atoms with E-state index in [0.29, 0.717) is 18.2 Å². The number of para-hydroxylation sites is 2. The Labute approximate surface area is 182 Å². The van der Waals surface area contributed by atoms with Crippen molar-refractivity contribution >= 4 is 45.2 Å². The molecule has 0 amide bonds. The van der Waals surface area contributed by atoms with Crippen LogP contribution in [-0.4, -0.2) is 42.9 Å². The van der Waals surface area contributed by atoms with Gasteiger partial charge < -0.3 is 9.72 Å². The number of hydrogen-bond acceptors (Lipinski definition) is 6. The van der Waals surface area contributed by atoms with Crippen LogP contribution in [0.2, 0.25) is 0 Å². The molecular formula is C23H21N5O2S. The van der Waals surface area contributed by atoms with Crippen LogP contribution in [-0.2, 0) is 22.4 Å². The number of nitrogens with one attached hydrogen (secondary N) is 1. The van der Waals surface area contributed by atoms with E-state index in [-0.39, 0.29) is 11.7 Å². The highest BCUT2D eigenvalue weighted by Crippen LogP contribution is 2.25. The second-order valence-electron chi connectivity index (χ2n) is 7.13. The van der Waals surface area contributed by atoms with E-state index in [1.54, 1.807) is 11.4 Å². The van der Waals surface area contributed by atoms with E-state index >= 15 is 0 Å². The number of benzene rings is 2. The lowest BCUT2D eigenvalue weighted by Gasteiger charge is -2.05. The van der Waals surface area contributed by atoms with Crippen molar-refractivity contribution in [2.75, 3.05) is 12.4 Å². The van der Waals surface area contributed by atoms with Gasteiger partial charge in [-0.25, -0.2) is 9.97 Å². The number of rotatable bonds is 7. The van der Waals surface area contributed by atoms with Crippen LogP contribution < -0.4 is 0 Å². The fourth-order valence-corrected chi connectivity index (χ4v) is 4.43. The maximum atomic E-state index is 11.8. The molecule has 0 aliphatic rings. The number of esters is 1. The fourth-order valence-electron chi connectivity index (χ4n) is 3.68. The van der Waals surface area contributed by atoms with E-state index in [1.165, 1.54) is 22.7 Å². The molecule has 1 N–H and O–H groups in total. The van der Waals surface area contributed by atoms with Gasteiger partial charge in [0.1, 0.15) is 0 Å². The van der Waals surface area contributed by atoms with Crippen LogP contribution in [0.1, 0.15) is 18.3 Å². The second-order valence-corrected chi connectivity index (χ2v) is 8.07. The van der Waals surface area contributed by atoms with E-state index in [0.717, 1.165) is 34.3 Å². The molecule has 0 radical (unpaired) electrons. The van der Waals surface area contributed by atoms with Gasteiger partial charge in [0.15, 0.2) is 16.6 Å². The van der Waals surface area contributed by atoms with E-state index in [4.69, 9.17) is 19.8 Å². The van der Waals surface area contributed by atoms with Crippen LogP contribution in [0.5, 0.6) is 0 Å². The van der Waals surface area contributed by atoms with Gasteiger partial charge in [-0.15, -0.1) is 5.10 Å². The predicted octanol–water partition coefficient (Wildman–Crippen LogP) is 4.20. The summed E-state index contributed by atoms with van der Waals surface area (Å²) < 4.78 is 6.79. The summed E-state index contributed by atoms with van der Waals surface area (Å²) in [6.45, 7) is 2.16. The van der Waals surface area contributed by atoms with Gasteiger partial charge in [0.05, 0.1) is 17.9 Å². The molecule has 8 heteroatoms. The van der Waals surface area contributed by atoms with Gasteiger partial charge in [-0.3, -0.25) is 4.79 Å². The van der Waals surface area contributed by atoms with Gasteiger partial charge in [-0.05, 0) is 37.1 Å². The second kappa shape index (κ2) is 8.39. The summed E-state index contributed by atoms with van der Waals surface area (Å²) in [4.78, 5) is 24.7. The Morgan fingerprint density at radius 3 is 2.74 bits per heavy atom. The molecule has 3 aromatic heterocycles. The summed E-state index contributed by atoms with van der Waals surface area (Å²) in [7, 11) is 0. The summed E-state index contributed by atoms with van der Waals surface area (Å²) in [5, 5.41) is 7.52. The minimum atomic E-state index is -0.268. The summed E-state index contributed by atoms with van der Waals surface area (Å²) >= 11 is 1.31. The Hall–Kier alpha value is -3.39. The number of fused-ring (bicyclic) bond motifs is 4. The number of nitrogens with zero attached hydrogens (tertiary/aromatic N) is 4. The van der Waals surface area contributed by atoms with Crippen molar-refractivity contribution < 1.29 is 9.53 Å². The van der Waals surface area contributed by atoms with Crippen molar-refractivity contribution in [3.8, 4) is 0 Å². The van der Waals surface area contributed by atoms with Crippen molar-refractivity contribution in [2.45, 2.75) is 24.9 Å². The Balaban J connectivity index is 1.47. The molecule has 156 valence electrons. The lowest BCUT2D eigenvalue weighted by molar-refractivity contribution is -0.139. The van der Waals surface area contributed by atoms with Gasteiger partial charge in [0.2, 0.25) is 0 Å². The maximum absolute atomic E-state index is 11.8. The molecule has 2 aromatic carbocycles. The Morgan fingerprint density at radius 2 is 1.87 bits per heavy atom. The molecule has 0 unspecified atom stereocenters. The molecule has 3 heterocycles. The monoisotopic (exact) mass is 431 g/mol. The normalized spacial score (nSPS) is 11.5. The van der Waals surface area contributed by atoms with Crippen molar-refractivity contribution in [3.05, 3.63) is 66.1 Å². The number of hydrogen-bond donors (Lipinski definition) is 1. The number of carbonyl (C=O) groups excluding carboxylic acids is 1. The van der Waals surface area contributed by atoms with Gasteiger partial charge in [-0.2, -0.15) is 4.52 Å². The largest absolute Gasteiger partial charge is 0.465 e. The molecular weight excluding hydrogens is 410 g/mol. The minimum absolute atomic E-state index is 0.179. The lowest BCUT2D eigenvalue weighted by atomic mass is 10.1. The molecule has 0 aliphatic carbocycles. The van der Waals surface area contributed by atoms with E-state index in [9.17, 15) is 4.79 Å². The first-order valence-electron chi connectivity index (χ1n) is 10.2. The van der Waals surface area contributed by atoms with Crippen molar-refractivity contribution in [3.63, 3.8) is 0 Å². The average Bonchev–Trinajstić information content (AvgIpc) is 3.41. The minimum Gasteiger partial charge on any atom is -0.465 e. The molecule has 0 bridgehead atoms. The molecule has 0 saturated carbocycles. The Bertz CT molecular complexity index is 1390. The molecule has 31 heavy (non-hydrogen) atoms. The van der Waals surface area contributed by atoms with Crippen LogP contribution in [0.4, 0.5) is 0 Å². The first-order valence-corrected chi connectivity index (χ1v) is 11.2. The standard InChI is InChI=1S/C23H21N5O2S/c1-2-30-21(29)14-31-23-25-19-10-6-4-8-17(19)22-26-20(27-28(22)23)12-11-15-13-24-18-9-5-3-7-16(15)18/h3-10,13,24H,2,11-12,14H2,1H3. The van der Waals surface area contributed by atoms with Gasteiger partial charge >= 0.3 is 5.97 Å². The van der Waals surface area contributed by atoms with Crippen LogP contribution in [0.15, 0.2) is 59.9 Å². The maximum Gasteiger partial charge on any atom is 0.316 e. The number of H-pyrrole nitrogens is 1. The molecule has 0 aliphatic heterocycles. The van der Waals surface area contributed by atoms with Crippen molar-refractivity contribution in [1.29, 1.82) is 0 Å². The Kier molecular flexibility index (Phi) is 5.30. The molecule has 0 atom stereocenters. The SMILES string of the molecule is CCOC(=O)CSc1nc2ccccc2c2nc(CCc3c[nH]c4ccccc34)nn12. The average molecular weight is 432 g/mol. The quantitative estimate of drug-likeness (QED) is 0.236. The van der Waals surface area contributed by atoms with Crippen LogP contribution >= 0.6 is 11.8 Å². The fraction of sp³-hybridized carbons (Fsp3) is 0.217. The summed E-state index contributed by atoms with van der Waals surface area (Å²) in [5.41, 5.74) is 3.96. The van der Waals surface area contributed by atoms with Crippen LogP contribution in [0.3, 0.4) is 0 Å². The summed E-state index contributed by atoms with van der Waals surface area (Å²) in [6.07, 6.45) is 3.59. The van der Waals surface area contributed by atoms with E-state index in [1.807, 2.05) is 36.4 Å². The molecule has 0 spiro atoms. The highest BCUT2D eigenvalue weighted by molar-refractivity contribution is 7.99. The number of aromatic amines is 1. The number of thioether (sulfide) groups is 1. The highest BCUT2D eigenvalue weighted by Gasteiger charge is 2.16. The topological polar surface area (TPSA) is 85.2 Å². The van der Waals surface area contributed by atoms with Gasteiger partial charge in [-0.1, -0.05) is 42.1 Å². The predicted molar refractivity (Wildman–Crippen MR) is 121 cm³/mol. The first-order chi connectivity index (χ1) is 15.2. The highest BCUT2D eigenvalue weighted by atomic mass is 32.2. The van der Waals surface area contributed by atoms with Crippen molar-refractivity contribution in [2.24, 2.45) is 0 Å². The molecule has 7 nitrogen and oxygen atoms in total. The third kappa shape index (κ3) is 3.86. The third-order valence-electron chi connectivity index (χ3n) is 5.11. The zero-order chi connectivity index (χ0) is 21.2. The molecule has 0 saturated heterocycles. The molecule has 5 aromatic rings. The number of ether oxygens (including phenoxy) is 1. The number of aryl methyl sites for hydroxylation is 2. The van der Waals surface area contributed by atoms with Crippen LogP contribution in [0, 0.1) is 0 Å². The lowest BCUT2D eigenvalue weighted by Crippen LogP contribution is -2.08. The number of aromatic nitrogens is 5. The van der Waals surface area contributed by atoms with Crippen molar-refractivity contribution in [1.82, 2.24) is 24.6 Å². The van der Waals surface area contributed by atoms with E-state index < -0.39 is 0 Å². The molecule has 5 rings (SSSR count).